The highest BCUT2D eigenvalue weighted by atomic mass is 32.1. The Balaban J connectivity index is 1.35. The SMILES string of the molecule is COc1cccc(C(OC)C(=O)Nc2nnc(O[C@@H]3CCN(c4cccnn4)C3)s2)c1. The van der Waals surface area contributed by atoms with Crippen molar-refractivity contribution >= 4 is 28.2 Å². The summed E-state index contributed by atoms with van der Waals surface area (Å²) in [6.07, 6.45) is 1.63. The van der Waals surface area contributed by atoms with Gasteiger partial charge in [0, 0.05) is 26.3 Å². The third-order valence-electron chi connectivity index (χ3n) is 4.80. The lowest BCUT2D eigenvalue weighted by molar-refractivity contribution is -0.126. The standard InChI is InChI=1S/C20H22N6O4S/c1-28-14-6-3-5-13(11-14)17(29-2)18(27)22-19-24-25-20(31-19)30-15-8-10-26(12-15)16-7-4-9-21-23-16/h3-7,9,11,15,17H,8,10,12H2,1-2H3,(H,22,24,27)/t15-,17?/m1/s1. The molecule has 31 heavy (non-hydrogen) atoms. The molecule has 1 amide bonds. The largest absolute Gasteiger partial charge is 0.497 e. The molecule has 4 rings (SSSR count). The number of benzene rings is 1. The van der Waals surface area contributed by atoms with Gasteiger partial charge in [0.25, 0.3) is 11.1 Å². The Kier molecular flexibility index (Phi) is 6.53. The predicted molar refractivity (Wildman–Crippen MR) is 115 cm³/mol. The Morgan fingerprint density at radius 1 is 1.23 bits per heavy atom. The van der Waals surface area contributed by atoms with Crippen LogP contribution in [0.1, 0.15) is 18.1 Å². The highest BCUT2D eigenvalue weighted by Crippen LogP contribution is 2.28. The lowest BCUT2D eigenvalue weighted by Crippen LogP contribution is -2.25. The highest BCUT2D eigenvalue weighted by Gasteiger charge is 2.27. The number of methoxy groups -OCH3 is 2. The van der Waals surface area contributed by atoms with Gasteiger partial charge in [0.1, 0.15) is 11.9 Å². The van der Waals surface area contributed by atoms with E-state index in [0.717, 1.165) is 18.8 Å². The fourth-order valence-corrected chi connectivity index (χ4v) is 3.98. The van der Waals surface area contributed by atoms with Crippen LogP contribution < -0.4 is 19.7 Å². The minimum atomic E-state index is -0.807. The van der Waals surface area contributed by atoms with E-state index in [-0.39, 0.29) is 12.0 Å². The van der Waals surface area contributed by atoms with Crippen LogP contribution in [-0.4, -0.2) is 59.7 Å². The minimum absolute atomic E-state index is 0.0398. The van der Waals surface area contributed by atoms with E-state index < -0.39 is 6.10 Å². The van der Waals surface area contributed by atoms with E-state index in [2.05, 4.69) is 30.6 Å². The number of carbonyl (C=O) groups is 1. The molecule has 0 radical (unpaired) electrons. The molecule has 0 saturated carbocycles. The maximum Gasteiger partial charge on any atom is 0.296 e. The van der Waals surface area contributed by atoms with Crippen molar-refractivity contribution in [2.75, 3.05) is 37.5 Å². The summed E-state index contributed by atoms with van der Waals surface area (Å²) >= 11 is 1.17. The van der Waals surface area contributed by atoms with Gasteiger partial charge in [-0.15, -0.1) is 10.2 Å². The summed E-state index contributed by atoms with van der Waals surface area (Å²) in [4.78, 5) is 14.8. The van der Waals surface area contributed by atoms with E-state index in [1.54, 1.807) is 37.6 Å². The number of amides is 1. The van der Waals surface area contributed by atoms with Gasteiger partial charge in [-0.1, -0.05) is 17.2 Å². The van der Waals surface area contributed by atoms with Gasteiger partial charge in [0.2, 0.25) is 5.13 Å². The smallest absolute Gasteiger partial charge is 0.296 e. The number of aromatic nitrogens is 4. The first kappa shape index (κ1) is 20.9. The third kappa shape index (κ3) is 5.06. The molecule has 1 fully saturated rings. The zero-order chi connectivity index (χ0) is 21.6. The van der Waals surface area contributed by atoms with Gasteiger partial charge in [-0.3, -0.25) is 10.1 Å². The van der Waals surface area contributed by atoms with Crippen LogP contribution in [0, 0.1) is 0 Å². The molecule has 2 aromatic heterocycles. The average molecular weight is 443 g/mol. The van der Waals surface area contributed by atoms with E-state index in [0.29, 0.717) is 28.2 Å². The predicted octanol–water partition coefficient (Wildman–Crippen LogP) is 2.32. The molecule has 0 aliphatic carbocycles. The second-order valence-electron chi connectivity index (χ2n) is 6.81. The minimum Gasteiger partial charge on any atom is -0.497 e. The van der Waals surface area contributed by atoms with Gasteiger partial charge in [0.15, 0.2) is 11.9 Å². The van der Waals surface area contributed by atoms with E-state index >= 15 is 0 Å². The third-order valence-corrected chi connectivity index (χ3v) is 5.53. The molecular formula is C20H22N6O4S. The van der Waals surface area contributed by atoms with Gasteiger partial charge < -0.3 is 19.1 Å². The van der Waals surface area contributed by atoms with Crippen LogP contribution in [0.5, 0.6) is 10.9 Å². The Morgan fingerprint density at radius 2 is 2.13 bits per heavy atom. The molecule has 3 aromatic rings. The number of carbonyl (C=O) groups excluding carboxylic acids is 1. The number of anilines is 2. The lowest BCUT2D eigenvalue weighted by Gasteiger charge is -2.16. The number of rotatable bonds is 8. The molecule has 1 aromatic carbocycles. The average Bonchev–Trinajstić information content (AvgIpc) is 3.45. The van der Waals surface area contributed by atoms with Crippen LogP contribution in [0.2, 0.25) is 0 Å². The monoisotopic (exact) mass is 442 g/mol. The highest BCUT2D eigenvalue weighted by molar-refractivity contribution is 7.17. The molecule has 0 bridgehead atoms. The van der Waals surface area contributed by atoms with Crippen LogP contribution in [0.3, 0.4) is 0 Å². The van der Waals surface area contributed by atoms with Crippen molar-refractivity contribution < 1.29 is 19.0 Å². The van der Waals surface area contributed by atoms with E-state index in [1.165, 1.54) is 18.4 Å². The van der Waals surface area contributed by atoms with E-state index in [4.69, 9.17) is 14.2 Å². The van der Waals surface area contributed by atoms with Crippen LogP contribution in [0.4, 0.5) is 10.9 Å². The second-order valence-corrected chi connectivity index (χ2v) is 7.75. The molecule has 3 heterocycles. The van der Waals surface area contributed by atoms with E-state index in [1.807, 2.05) is 12.1 Å². The number of nitrogens with one attached hydrogen (secondary N) is 1. The van der Waals surface area contributed by atoms with Crippen LogP contribution in [-0.2, 0) is 9.53 Å². The van der Waals surface area contributed by atoms with Crippen molar-refractivity contribution in [3.05, 3.63) is 48.2 Å². The molecular weight excluding hydrogens is 420 g/mol. The lowest BCUT2D eigenvalue weighted by atomic mass is 10.1. The van der Waals surface area contributed by atoms with Gasteiger partial charge in [-0.25, -0.2) is 0 Å². The van der Waals surface area contributed by atoms with Gasteiger partial charge >= 0.3 is 0 Å². The van der Waals surface area contributed by atoms with Crippen LogP contribution in [0.25, 0.3) is 0 Å². The second kappa shape index (κ2) is 9.67. The molecule has 1 saturated heterocycles. The Labute approximate surface area is 183 Å². The number of ether oxygens (including phenoxy) is 3. The number of hydrogen-bond acceptors (Lipinski definition) is 10. The Hall–Kier alpha value is -3.31. The van der Waals surface area contributed by atoms with Crippen molar-refractivity contribution in [1.29, 1.82) is 0 Å². The van der Waals surface area contributed by atoms with Crippen LogP contribution in [0.15, 0.2) is 42.6 Å². The topological polar surface area (TPSA) is 112 Å². The van der Waals surface area contributed by atoms with Gasteiger partial charge in [-0.2, -0.15) is 5.10 Å². The fraction of sp³-hybridized carbons (Fsp3) is 0.350. The summed E-state index contributed by atoms with van der Waals surface area (Å²) in [6.45, 7) is 1.50. The zero-order valence-electron chi connectivity index (χ0n) is 17.1. The molecule has 1 aliphatic rings. The van der Waals surface area contributed by atoms with E-state index in [9.17, 15) is 4.79 Å². The number of nitrogens with zero attached hydrogens (tertiary/aromatic N) is 5. The maximum atomic E-state index is 12.7. The summed E-state index contributed by atoms with van der Waals surface area (Å²) in [6, 6.07) is 10.9. The number of hydrogen-bond donors (Lipinski definition) is 1. The molecule has 11 heteroatoms. The summed E-state index contributed by atoms with van der Waals surface area (Å²) in [7, 11) is 3.04. The quantitative estimate of drug-likeness (QED) is 0.562. The zero-order valence-corrected chi connectivity index (χ0v) is 17.9. The van der Waals surface area contributed by atoms with Crippen molar-refractivity contribution in [2.24, 2.45) is 0 Å². The maximum absolute atomic E-state index is 12.7. The molecule has 1 unspecified atom stereocenters. The van der Waals surface area contributed by atoms with Crippen molar-refractivity contribution in [3.8, 4) is 10.9 Å². The first-order chi connectivity index (χ1) is 15.2. The fourth-order valence-electron chi connectivity index (χ4n) is 3.32. The van der Waals surface area contributed by atoms with Crippen molar-refractivity contribution in [1.82, 2.24) is 20.4 Å². The summed E-state index contributed by atoms with van der Waals surface area (Å²) in [5.41, 5.74) is 0.676. The normalized spacial score (nSPS) is 16.7. The van der Waals surface area contributed by atoms with Gasteiger partial charge in [-0.05, 0) is 41.2 Å². The molecule has 1 N–H and O–H groups in total. The summed E-state index contributed by atoms with van der Waals surface area (Å²) < 4.78 is 16.5. The molecule has 162 valence electrons. The molecule has 0 spiro atoms. The van der Waals surface area contributed by atoms with Gasteiger partial charge in [0.05, 0.1) is 13.7 Å². The Bertz CT molecular complexity index is 1020. The van der Waals surface area contributed by atoms with Crippen molar-refractivity contribution in [2.45, 2.75) is 18.6 Å². The molecule has 1 aliphatic heterocycles. The summed E-state index contributed by atoms with van der Waals surface area (Å²) in [5.74, 6) is 1.11. The van der Waals surface area contributed by atoms with Crippen LogP contribution >= 0.6 is 11.3 Å². The van der Waals surface area contributed by atoms with Crippen molar-refractivity contribution in [3.63, 3.8) is 0 Å². The molecule has 10 nitrogen and oxygen atoms in total. The summed E-state index contributed by atoms with van der Waals surface area (Å²) in [5, 5.41) is 19.6. The molecule has 2 atom stereocenters. The first-order valence-corrected chi connectivity index (χ1v) is 10.5. The Morgan fingerprint density at radius 3 is 2.90 bits per heavy atom. The first-order valence-electron chi connectivity index (χ1n) is 9.66.